The number of pyridine rings is 1. The first kappa shape index (κ1) is 10.3. The van der Waals surface area contributed by atoms with Crippen LogP contribution in [0.2, 0.25) is 5.02 Å². The maximum Gasteiger partial charge on any atom is 0.216 e. The van der Waals surface area contributed by atoms with Crippen LogP contribution in [0.25, 0.3) is 0 Å². The van der Waals surface area contributed by atoms with Crippen molar-refractivity contribution in [3.63, 3.8) is 0 Å². The Kier molecular flexibility index (Phi) is 3.15. The average molecular weight is 200 g/mol. The van der Waals surface area contributed by atoms with E-state index in [4.69, 9.17) is 16.3 Å². The molecule has 0 amide bonds. The molecule has 0 saturated carbocycles. The smallest absolute Gasteiger partial charge is 0.216 e. The highest BCUT2D eigenvalue weighted by Crippen LogP contribution is 2.31. The molecule has 72 valence electrons. The number of nitrogens with zero attached hydrogens (tertiary/aromatic N) is 1. The zero-order valence-corrected chi connectivity index (χ0v) is 9.14. The molecule has 0 bridgehead atoms. The first-order chi connectivity index (χ1) is 6.07. The third-order valence-electron chi connectivity index (χ3n) is 2.06. The summed E-state index contributed by atoms with van der Waals surface area (Å²) in [6.45, 7) is 6.19. The fourth-order valence-corrected chi connectivity index (χ4v) is 1.56. The maximum atomic E-state index is 5.97. The van der Waals surface area contributed by atoms with Crippen molar-refractivity contribution in [2.24, 2.45) is 0 Å². The Labute approximate surface area is 83.9 Å². The predicted molar refractivity (Wildman–Crippen MR) is 54.6 cm³/mol. The molecule has 0 aromatic carbocycles. The zero-order chi connectivity index (χ0) is 10.0. The van der Waals surface area contributed by atoms with E-state index in [9.17, 15) is 0 Å². The van der Waals surface area contributed by atoms with Gasteiger partial charge in [-0.3, -0.25) is 0 Å². The highest BCUT2D eigenvalue weighted by molar-refractivity contribution is 6.31. The molecule has 0 aliphatic rings. The molecule has 0 aliphatic heterocycles. The first-order valence-corrected chi connectivity index (χ1v) is 4.64. The Morgan fingerprint density at radius 1 is 1.46 bits per heavy atom. The summed E-state index contributed by atoms with van der Waals surface area (Å²) in [6, 6.07) is 0. The van der Waals surface area contributed by atoms with Crippen molar-refractivity contribution in [2.45, 2.75) is 26.7 Å². The van der Waals surface area contributed by atoms with Gasteiger partial charge < -0.3 is 4.74 Å². The van der Waals surface area contributed by atoms with Crippen LogP contribution >= 0.6 is 11.6 Å². The van der Waals surface area contributed by atoms with Crippen LogP contribution in [0, 0.1) is 6.92 Å². The quantitative estimate of drug-likeness (QED) is 0.730. The second-order valence-corrected chi connectivity index (χ2v) is 3.72. The van der Waals surface area contributed by atoms with E-state index in [2.05, 4.69) is 18.8 Å². The van der Waals surface area contributed by atoms with Gasteiger partial charge in [0.05, 0.1) is 12.1 Å². The molecule has 0 atom stereocenters. The number of hydrogen-bond acceptors (Lipinski definition) is 2. The van der Waals surface area contributed by atoms with E-state index < -0.39 is 0 Å². The number of halogens is 1. The van der Waals surface area contributed by atoms with Crippen molar-refractivity contribution in [3.8, 4) is 5.88 Å². The minimum absolute atomic E-state index is 0.376. The summed E-state index contributed by atoms with van der Waals surface area (Å²) in [4.78, 5) is 4.12. The highest BCUT2D eigenvalue weighted by atomic mass is 35.5. The average Bonchev–Trinajstić information content (AvgIpc) is 2.08. The second kappa shape index (κ2) is 3.97. The van der Waals surface area contributed by atoms with Crippen molar-refractivity contribution >= 4 is 11.6 Å². The Balaban J connectivity index is 3.32. The van der Waals surface area contributed by atoms with E-state index in [0.29, 0.717) is 16.8 Å². The molecule has 0 fully saturated rings. The van der Waals surface area contributed by atoms with E-state index in [1.165, 1.54) is 0 Å². The van der Waals surface area contributed by atoms with E-state index in [1.54, 1.807) is 13.3 Å². The van der Waals surface area contributed by atoms with E-state index in [-0.39, 0.29) is 0 Å². The summed E-state index contributed by atoms with van der Waals surface area (Å²) in [5.41, 5.74) is 2.15. The van der Waals surface area contributed by atoms with Crippen LogP contribution in [-0.2, 0) is 0 Å². The van der Waals surface area contributed by atoms with Crippen molar-refractivity contribution in [1.82, 2.24) is 4.98 Å². The van der Waals surface area contributed by atoms with E-state index in [0.717, 1.165) is 11.1 Å². The number of hydrogen-bond donors (Lipinski definition) is 0. The van der Waals surface area contributed by atoms with Crippen LogP contribution in [0.3, 0.4) is 0 Å². The van der Waals surface area contributed by atoms with Gasteiger partial charge >= 0.3 is 0 Å². The molecule has 1 aromatic heterocycles. The summed E-state index contributed by atoms with van der Waals surface area (Å²) in [6.07, 6.45) is 1.63. The van der Waals surface area contributed by atoms with Crippen LogP contribution in [0.4, 0.5) is 0 Å². The van der Waals surface area contributed by atoms with Crippen LogP contribution < -0.4 is 4.74 Å². The van der Waals surface area contributed by atoms with Gasteiger partial charge in [-0.1, -0.05) is 25.4 Å². The molecule has 0 radical (unpaired) electrons. The SMILES string of the molecule is COc1ncc(Cl)c(C)c1C(C)C. The molecular formula is C10H14ClNO. The molecule has 1 heterocycles. The molecule has 1 aromatic rings. The summed E-state index contributed by atoms with van der Waals surface area (Å²) in [5, 5.41) is 0.699. The second-order valence-electron chi connectivity index (χ2n) is 3.31. The summed E-state index contributed by atoms with van der Waals surface area (Å²) < 4.78 is 5.17. The molecule has 0 aliphatic carbocycles. The lowest BCUT2D eigenvalue weighted by Gasteiger charge is -2.14. The van der Waals surface area contributed by atoms with Gasteiger partial charge in [0, 0.05) is 11.8 Å². The van der Waals surface area contributed by atoms with Crippen LogP contribution in [-0.4, -0.2) is 12.1 Å². The molecule has 2 nitrogen and oxygen atoms in total. The molecule has 0 spiro atoms. The summed E-state index contributed by atoms with van der Waals surface area (Å²) >= 11 is 5.97. The molecule has 13 heavy (non-hydrogen) atoms. The van der Waals surface area contributed by atoms with Crippen molar-refractivity contribution in [1.29, 1.82) is 0 Å². The van der Waals surface area contributed by atoms with Gasteiger partial charge in [-0.25, -0.2) is 4.98 Å². The van der Waals surface area contributed by atoms with Crippen molar-refractivity contribution in [3.05, 3.63) is 22.3 Å². The van der Waals surface area contributed by atoms with Crippen molar-refractivity contribution < 1.29 is 4.74 Å². The maximum absolute atomic E-state index is 5.97. The number of ether oxygens (including phenoxy) is 1. The molecule has 1 rings (SSSR count). The van der Waals surface area contributed by atoms with Gasteiger partial charge in [-0.05, 0) is 18.4 Å². The minimum Gasteiger partial charge on any atom is -0.481 e. The lowest BCUT2D eigenvalue weighted by Crippen LogP contribution is -2.00. The van der Waals surface area contributed by atoms with Crippen LogP contribution in [0.1, 0.15) is 30.9 Å². The summed E-state index contributed by atoms with van der Waals surface area (Å²) in [7, 11) is 1.63. The van der Waals surface area contributed by atoms with Gasteiger partial charge in [0.2, 0.25) is 5.88 Å². The van der Waals surface area contributed by atoms with Gasteiger partial charge in [-0.15, -0.1) is 0 Å². The van der Waals surface area contributed by atoms with Crippen molar-refractivity contribution in [2.75, 3.05) is 7.11 Å². The molecular weight excluding hydrogens is 186 g/mol. The lowest BCUT2D eigenvalue weighted by molar-refractivity contribution is 0.390. The first-order valence-electron chi connectivity index (χ1n) is 4.27. The zero-order valence-electron chi connectivity index (χ0n) is 8.39. The van der Waals surface area contributed by atoms with Gasteiger partial charge in [0.25, 0.3) is 0 Å². The standard InChI is InChI=1S/C10H14ClNO/c1-6(2)9-7(3)8(11)5-12-10(9)13-4/h5-6H,1-4H3. The van der Waals surface area contributed by atoms with Gasteiger partial charge in [-0.2, -0.15) is 0 Å². The van der Waals surface area contributed by atoms with Gasteiger partial charge in [0.15, 0.2) is 0 Å². The minimum atomic E-state index is 0.376. The van der Waals surface area contributed by atoms with E-state index in [1.807, 2.05) is 6.92 Å². The molecule has 0 unspecified atom stereocenters. The Morgan fingerprint density at radius 3 is 2.54 bits per heavy atom. The number of methoxy groups -OCH3 is 1. The number of aromatic nitrogens is 1. The lowest BCUT2D eigenvalue weighted by atomic mass is 10.00. The Morgan fingerprint density at radius 2 is 2.08 bits per heavy atom. The Hall–Kier alpha value is -0.760. The van der Waals surface area contributed by atoms with Gasteiger partial charge in [0.1, 0.15) is 0 Å². The molecule has 0 saturated heterocycles. The molecule has 0 N–H and O–H groups in total. The van der Waals surface area contributed by atoms with Crippen LogP contribution in [0.15, 0.2) is 6.20 Å². The Bertz CT molecular complexity index is 310. The number of rotatable bonds is 2. The third kappa shape index (κ3) is 1.94. The highest BCUT2D eigenvalue weighted by Gasteiger charge is 2.13. The fourth-order valence-electron chi connectivity index (χ4n) is 1.41. The normalized spacial score (nSPS) is 10.6. The third-order valence-corrected chi connectivity index (χ3v) is 2.44. The van der Waals surface area contributed by atoms with E-state index >= 15 is 0 Å². The monoisotopic (exact) mass is 199 g/mol. The molecule has 3 heteroatoms. The largest absolute Gasteiger partial charge is 0.481 e. The predicted octanol–water partition coefficient (Wildman–Crippen LogP) is 3.18. The topological polar surface area (TPSA) is 22.1 Å². The van der Waals surface area contributed by atoms with Crippen LogP contribution in [0.5, 0.6) is 5.88 Å². The summed E-state index contributed by atoms with van der Waals surface area (Å²) in [5.74, 6) is 1.05. The fraction of sp³-hybridized carbons (Fsp3) is 0.500.